The molecule has 3 heteroatoms. The molecular formula is C22H30N2O. The molecule has 0 saturated heterocycles. The number of hydrogen-bond donors (Lipinski definition) is 1. The molecule has 3 rings (SSSR count). The topological polar surface area (TPSA) is 48.1 Å². The van der Waals surface area contributed by atoms with Crippen molar-refractivity contribution in [3.05, 3.63) is 51.7 Å². The summed E-state index contributed by atoms with van der Waals surface area (Å²) in [6, 6.07) is 6.51. The average Bonchev–Trinajstić information content (AvgIpc) is 3.35. The summed E-state index contributed by atoms with van der Waals surface area (Å²) < 4.78 is 6.31. The Hall–Kier alpha value is -1.87. The molecule has 1 atom stereocenters. The number of aryl methyl sites for hydroxylation is 4. The van der Waals surface area contributed by atoms with Crippen molar-refractivity contribution >= 4 is 0 Å². The molecule has 1 unspecified atom stereocenters. The quantitative estimate of drug-likeness (QED) is 0.781. The number of ether oxygens (including phenoxy) is 1. The molecule has 1 heterocycles. The molecule has 25 heavy (non-hydrogen) atoms. The molecule has 134 valence electrons. The van der Waals surface area contributed by atoms with Gasteiger partial charge in [-0.3, -0.25) is 0 Å². The van der Waals surface area contributed by atoms with E-state index in [1.165, 1.54) is 30.4 Å². The summed E-state index contributed by atoms with van der Waals surface area (Å²) in [4.78, 5) is 4.68. The van der Waals surface area contributed by atoms with Gasteiger partial charge in [-0.1, -0.05) is 30.5 Å². The summed E-state index contributed by atoms with van der Waals surface area (Å²) >= 11 is 0. The van der Waals surface area contributed by atoms with Gasteiger partial charge in [0.25, 0.3) is 0 Å². The van der Waals surface area contributed by atoms with Crippen molar-refractivity contribution < 1.29 is 4.74 Å². The summed E-state index contributed by atoms with van der Waals surface area (Å²) in [6.07, 6.45) is 3.89. The fraction of sp³-hybridized carbons (Fsp3) is 0.500. The van der Waals surface area contributed by atoms with Gasteiger partial charge in [0.2, 0.25) is 5.88 Å². The number of nitrogens with zero attached hydrogens (tertiary/aromatic N) is 1. The van der Waals surface area contributed by atoms with Crippen LogP contribution in [0.5, 0.6) is 11.6 Å². The SMILES string of the molecule is Cc1cc(C)c(Oc2nc(C)cc(C(CN)CC3CC3)c2C)c(C)c1. The highest BCUT2D eigenvalue weighted by Gasteiger charge is 2.27. The number of benzene rings is 1. The fourth-order valence-corrected chi connectivity index (χ4v) is 3.79. The minimum Gasteiger partial charge on any atom is -0.438 e. The van der Waals surface area contributed by atoms with Gasteiger partial charge in [-0.2, -0.15) is 0 Å². The highest BCUT2D eigenvalue weighted by Crippen LogP contribution is 2.40. The molecule has 2 aromatic rings. The standard InChI is InChI=1S/C22H30N2O/c1-13-8-14(2)21(15(3)9-13)25-22-17(5)20(10-16(4)24-22)19(12-23)11-18-6-7-18/h8-10,18-19H,6-7,11-12,23H2,1-5H3. The molecule has 3 nitrogen and oxygen atoms in total. The molecule has 0 bridgehead atoms. The monoisotopic (exact) mass is 338 g/mol. The van der Waals surface area contributed by atoms with Gasteiger partial charge >= 0.3 is 0 Å². The molecule has 1 aromatic carbocycles. The van der Waals surface area contributed by atoms with E-state index in [2.05, 4.69) is 50.9 Å². The molecule has 0 aliphatic heterocycles. The summed E-state index contributed by atoms with van der Waals surface area (Å²) in [5, 5.41) is 0. The van der Waals surface area contributed by atoms with Crippen molar-refractivity contribution in [2.45, 2.75) is 59.8 Å². The third kappa shape index (κ3) is 4.04. The zero-order valence-corrected chi connectivity index (χ0v) is 16.1. The molecule has 1 aliphatic carbocycles. The Labute approximate surface area is 151 Å². The van der Waals surface area contributed by atoms with Gasteiger partial charge in [-0.05, 0) is 82.2 Å². The van der Waals surface area contributed by atoms with Crippen LogP contribution in [0.15, 0.2) is 18.2 Å². The van der Waals surface area contributed by atoms with Crippen molar-refractivity contribution in [1.82, 2.24) is 4.98 Å². The van der Waals surface area contributed by atoms with Gasteiger partial charge in [0.15, 0.2) is 0 Å². The van der Waals surface area contributed by atoms with E-state index in [0.29, 0.717) is 12.5 Å². The van der Waals surface area contributed by atoms with Crippen LogP contribution in [-0.2, 0) is 0 Å². The lowest BCUT2D eigenvalue weighted by molar-refractivity contribution is 0.447. The highest BCUT2D eigenvalue weighted by atomic mass is 16.5. The zero-order valence-electron chi connectivity index (χ0n) is 16.1. The van der Waals surface area contributed by atoms with Crippen LogP contribution >= 0.6 is 0 Å². The normalized spacial score (nSPS) is 15.3. The first-order valence-electron chi connectivity index (χ1n) is 9.33. The molecule has 0 amide bonds. The average molecular weight is 338 g/mol. The summed E-state index contributed by atoms with van der Waals surface area (Å²) in [5.74, 6) is 2.90. The molecule has 1 saturated carbocycles. The second kappa shape index (κ2) is 7.17. The van der Waals surface area contributed by atoms with Gasteiger partial charge in [0.05, 0.1) is 0 Å². The smallest absolute Gasteiger partial charge is 0.222 e. The summed E-state index contributed by atoms with van der Waals surface area (Å²) in [6.45, 7) is 11.1. The Bertz CT molecular complexity index is 755. The molecule has 0 spiro atoms. The molecule has 1 aromatic heterocycles. The van der Waals surface area contributed by atoms with Crippen LogP contribution in [0, 0.1) is 40.5 Å². The Morgan fingerprint density at radius 2 is 1.72 bits per heavy atom. The fourth-order valence-electron chi connectivity index (χ4n) is 3.79. The van der Waals surface area contributed by atoms with Crippen LogP contribution in [0.25, 0.3) is 0 Å². The Kier molecular flexibility index (Phi) is 5.14. The second-order valence-corrected chi connectivity index (χ2v) is 7.72. The van der Waals surface area contributed by atoms with Crippen LogP contribution in [0.1, 0.15) is 58.7 Å². The molecule has 1 fully saturated rings. The maximum Gasteiger partial charge on any atom is 0.222 e. The van der Waals surface area contributed by atoms with Crippen molar-refractivity contribution in [1.29, 1.82) is 0 Å². The van der Waals surface area contributed by atoms with Crippen molar-refractivity contribution in [2.24, 2.45) is 11.7 Å². The van der Waals surface area contributed by atoms with E-state index in [0.717, 1.165) is 39.9 Å². The van der Waals surface area contributed by atoms with E-state index in [9.17, 15) is 0 Å². The van der Waals surface area contributed by atoms with Crippen LogP contribution in [0.3, 0.4) is 0 Å². The first-order chi connectivity index (χ1) is 11.9. The zero-order chi connectivity index (χ0) is 18.1. The number of pyridine rings is 1. The van der Waals surface area contributed by atoms with Gasteiger partial charge in [-0.25, -0.2) is 4.98 Å². The van der Waals surface area contributed by atoms with Gasteiger partial charge in [-0.15, -0.1) is 0 Å². The van der Waals surface area contributed by atoms with E-state index in [1.54, 1.807) is 0 Å². The number of rotatable bonds is 6. The first-order valence-corrected chi connectivity index (χ1v) is 9.33. The predicted molar refractivity (Wildman–Crippen MR) is 104 cm³/mol. The van der Waals surface area contributed by atoms with Gasteiger partial charge in [0, 0.05) is 11.3 Å². The van der Waals surface area contributed by atoms with Crippen molar-refractivity contribution in [3.8, 4) is 11.6 Å². The Morgan fingerprint density at radius 3 is 2.28 bits per heavy atom. The second-order valence-electron chi connectivity index (χ2n) is 7.72. The first kappa shape index (κ1) is 17.9. The molecule has 0 radical (unpaired) electrons. The lowest BCUT2D eigenvalue weighted by atomic mass is 9.90. The van der Waals surface area contributed by atoms with Crippen LogP contribution < -0.4 is 10.5 Å². The molecule has 2 N–H and O–H groups in total. The maximum absolute atomic E-state index is 6.31. The van der Waals surface area contributed by atoms with E-state index in [-0.39, 0.29) is 0 Å². The number of hydrogen-bond acceptors (Lipinski definition) is 3. The largest absolute Gasteiger partial charge is 0.438 e. The molecule has 1 aliphatic rings. The van der Waals surface area contributed by atoms with Crippen LogP contribution in [0.4, 0.5) is 0 Å². The van der Waals surface area contributed by atoms with Gasteiger partial charge < -0.3 is 10.5 Å². The van der Waals surface area contributed by atoms with Crippen LogP contribution in [-0.4, -0.2) is 11.5 Å². The van der Waals surface area contributed by atoms with E-state index in [4.69, 9.17) is 10.5 Å². The highest BCUT2D eigenvalue weighted by molar-refractivity contribution is 5.47. The van der Waals surface area contributed by atoms with Crippen molar-refractivity contribution in [2.75, 3.05) is 6.54 Å². The van der Waals surface area contributed by atoms with Crippen LogP contribution in [0.2, 0.25) is 0 Å². The Morgan fingerprint density at radius 1 is 1.08 bits per heavy atom. The lowest BCUT2D eigenvalue weighted by Gasteiger charge is -2.21. The number of aromatic nitrogens is 1. The maximum atomic E-state index is 6.31. The van der Waals surface area contributed by atoms with E-state index < -0.39 is 0 Å². The van der Waals surface area contributed by atoms with Gasteiger partial charge in [0.1, 0.15) is 5.75 Å². The van der Waals surface area contributed by atoms with Crippen molar-refractivity contribution in [3.63, 3.8) is 0 Å². The Balaban J connectivity index is 1.97. The lowest BCUT2D eigenvalue weighted by Crippen LogP contribution is -2.15. The minimum atomic E-state index is 0.400. The van der Waals surface area contributed by atoms with E-state index >= 15 is 0 Å². The summed E-state index contributed by atoms with van der Waals surface area (Å²) in [5.41, 5.74) is 13.1. The molecular weight excluding hydrogens is 308 g/mol. The third-order valence-electron chi connectivity index (χ3n) is 5.24. The third-order valence-corrected chi connectivity index (χ3v) is 5.24. The summed E-state index contributed by atoms with van der Waals surface area (Å²) in [7, 11) is 0. The number of nitrogens with two attached hydrogens (primary N) is 1. The van der Waals surface area contributed by atoms with E-state index in [1.807, 2.05) is 6.92 Å². The predicted octanol–water partition coefficient (Wildman–Crippen LogP) is 5.26. The minimum absolute atomic E-state index is 0.400.